The summed E-state index contributed by atoms with van der Waals surface area (Å²) in [5.74, 6) is -0.926. The van der Waals surface area contributed by atoms with Crippen molar-refractivity contribution in [1.82, 2.24) is 5.32 Å². The van der Waals surface area contributed by atoms with Crippen LogP contribution in [0.3, 0.4) is 0 Å². The van der Waals surface area contributed by atoms with E-state index >= 15 is 0 Å². The molecule has 0 aromatic rings. The van der Waals surface area contributed by atoms with E-state index in [1.165, 1.54) is 0 Å². The molecule has 1 atom stereocenters. The number of carboxylic acid groups (broad SMARTS) is 1. The van der Waals surface area contributed by atoms with Gasteiger partial charge in [-0.3, -0.25) is 4.79 Å². The molecule has 0 aromatic carbocycles. The first-order valence-electron chi connectivity index (χ1n) is 2.95. The lowest BCUT2D eigenvalue weighted by molar-refractivity contribution is -0.135. The van der Waals surface area contributed by atoms with Crippen molar-refractivity contribution < 1.29 is 15.0 Å². The standard InChI is InChI=1S/C5H12N2O3/c6-4(3-8)1-7-2-5(9)10/h4,7-8H,1-3,6H2,(H,9,10)/t4-/m1/s1. The molecular weight excluding hydrogens is 136 g/mol. The Labute approximate surface area is 58.8 Å². The minimum Gasteiger partial charge on any atom is -0.480 e. The lowest BCUT2D eigenvalue weighted by Gasteiger charge is -2.06. The third-order valence-corrected chi connectivity index (χ3v) is 0.917. The summed E-state index contributed by atoms with van der Waals surface area (Å²) in [6.45, 7) is 0.0725. The largest absolute Gasteiger partial charge is 0.480 e. The number of rotatable bonds is 5. The SMILES string of the molecule is N[C@@H](CO)CNCC(=O)O. The third kappa shape index (κ3) is 5.49. The quantitative estimate of drug-likeness (QED) is 0.361. The average Bonchev–Trinajstić information content (AvgIpc) is 1.87. The molecule has 10 heavy (non-hydrogen) atoms. The van der Waals surface area contributed by atoms with E-state index in [-0.39, 0.29) is 19.2 Å². The first-order valence-corrected chi connectivity index (χ1v) is 2.95. The Balaban J connectivity index is 3.11. The normalized spacial score (nSPS) is 13.0. The van der Waals surface area contributed by atoms with Crippen LogP contribution in [0.25, 0.3) is 0 Å². The fraction of sp³-hybridized carbons (Fsp3) is 0.800. The second kappa shape index (κ2) is 5.16. The molecular formula is C5H12N2O3. The average molecular weight is 148 g/mol. The van der Waals surface area contributed by atoms with E-state index in [0.29, 0.717) is 6.54 Å². The summed E-state index contributed by atoms with van der Waals surface area (Å²) in [6, 6.07) is -0.376. The summed E-state index contributed by atoms with van der Waals surface area (Å²) in [5, 5.41) is 19.1. The molecule has 5 heteroatoms. The van der Waals surface area contributed by atoms with Crippen molar-refractivity contribution in [2.24, 2.45) is 5.73 Å². The van der Waals surface area contributed by atoms with Gasteiger partial charge in [0.2, 0.25) is 0 Å². The van der Waals surface area contributed by atoms with Gasteiger partial charge < -0.3 is 21.3 Å². The minimum atomic E-state index is -0.926. The van der Waals surface area contributed by atoms with Gasteiger partial charge in [-0.05, 0) is 0 Å². The highest BCUT2D eigenvalue weighted by atomic mass is 16.4. The van der Waals surface area contributed by atoms with Crippen molar-refractivity contribution >= 4 is 5.97 Å². The zero-order valence-corrected chi connectivity index (χ0v) is 5.58. The van der Waals surface area contributed by atoms with E-state index in [4.69, 9.17) is 15.9 Å². The molecule has 5 N–H and O–H groups in total. The molecule has 0 aromatic heterocycles. The Kier molecular flexibility index (Phi) is 4.82. The van der Waals surface area contributed by atoms with Gasteiger partial charge in [-0.2, -0.15) is 0 Å². The number of hydrogen-bond donors (Lipinski definition) is 4. The first kappa shape index (κ1) is 9.35. The molecule has 0 aliphatic heterocycles. The van der Waals surface area contributed by atoms with Gasteiger partial charge in [0.25, 0.3) is 0 Å². The van der Waals surface area contributed by atoms with Crippen LogP contribution in [-0.2, 0) is 4.79 Å². The van der Waals surface area contributed by atoms with Crippen LogP contribution in [0.5, 0.6) is 0 Å². The molecule has 0 bridgehead atoms. The Bertz CT molecular complexity index is 107. The highest BCUT2D eigenvalue weighted by Crippen LogP contribution is 1.70. The van der Waals surface area contributed by atoms with E-state index < -0.39 is 5.97 Å². The van der Waals surface area contributed by atoms with E-state index in [1.54, 1.807) is 0 Å². The zero-order chi connectivity index (χ0) is 7.98. The highest BCUT2D eigenvalue weighted by Gasteiger charge is 2.00. The molecule has 0 rings (SSSR count). The summed E-state index contributed by atoms with van der Waals surface area (Å²) in [6.07, 6.45) is 0. The number of nitrogens with one attached hydrogen (secondary N) is 1. The second-order valence-electron chi connectivity index (χ2n) is 1.97. The smallest absolute Gasteiger partial charge is 0.317 e. The number of aliphatic hydroxyl groups excluding tert-OH is 1. The molecule has 0 saturated heterocycles. The van der Waals surface area contributed by atoms with E-state index in [9.17, 15) is 4.79 Å². The number of carbonyl (C=O) groups is 1. The number of aliphatic carboxylic acids is 1. The van der Waals surface area contributed by atoms with Gasteiger partial charge >= 0.3 is 5.97 Å². The lowest BCUT2D eigenvalue weighted by Crippen LogP contribution is -2.38. The minimum absolute atomic E-state index is 0.117. The van der Waals surface area contributed by atoms with Crippen molar-refractivity contribution in [2.45, 2.75) is 6.04 Å². The fourth-order valence-electron chi connectivity index (χ4n) is 0.429. The van der Waals surface area contributed by atoms with Crippen molar-refractivity contribution in [3.05, 3.63) is 0 Å². The number of nitrogens with two attached hydrogens (primary N) is 1. The van der Waals surface area contributed by atoms with Crippen LogP contribution in [0.1, 0.15) is 0 Å². The number of aliphatic hydroxyl groups is 1. The molecule has 0 amide bonds. The maximum atomic E-state index is 9.90. The predicted molar refractivity (Wildman–Crippen MR) is 35.6 cm³/mol. The van der Waals surface area contributed by atoms with Crippen molar-refractivity contribution in [1.29, 1.82) is 0 Å². The molecule has 0 saturated carbocycles. The van der Waals surface area contributed by atoms with Gasteiger partial charge in [0, 0.05) is 12.6 Å². The summed E-state index contributed by atoms with van der Waals surface area (Å²) in [7, 11) is 0. The topological polar surface area (TPSA) is 95.6 Å². The Morgan fingerprint density at radius 1 is 1.70 bits per heavy atom. The van der Waals surface area contributed by atoms with E-state index in [2.05, 4.69) is 5.32 Å². The molecule has 0 heterocycles. The van der Waals surface area contributed by atoms with Crippen LogP contribution in [0, 0.1) is 0 Å². The molecule has 0 radical (unpaired) electrons. The predicted octanol–water partition coefficient (Wildman–Crippen LogP) is -2.02. The molecule has 0 unspecified atom stereocenters. The zero-order valence-electron chi connectivity index (χ0n) is 5.58. The van der Waals surface area contributed by atoms with Crippen LogP contribution in [0.2, 0.25) is 0 Å². The third-order valence-electron chi connectivity index (χ3n) is 0.917. The summed E-state index contributed by atoms with van der Waals surface area (Å²) in [5.41, 5.74) is 5.25. The lowest BCUT2D eigenvalue weighted by atomic mass is 10.3. The van der Waals surface area contributed by atoms with Crippen LogP contribution < -0.4 is 11.1 Å². The van der Waals surface area contributed by atoms with Gasteiger partial charge in [0.1, 0.15) is 0 Å². The Morgan fingerprint density at radius 3 is 2.70 bits per heavy atom. The van der Waals surface area contributed by atoms with Crippen molar-refractivity contribution in [3.63, 3.8) is 0 Å². The fourth-order valence-corrected chi connectivity index (χ4v) is 0.429. The highest BCUT2D eigenvalue weighted by molar-refractivity contribution is 5.68. The maximum Gasteiger partial charge on any atom is 0.317 e. The Hall–Kier alpha value is -0.650. The molecule has 60 valence electrons. The maximum absolute atomic E-state index is 9.90. The molecule has 0 spiro atoms. The Morgan fingerprint density at radius 2 is 2.30 bits per heavy atom. The summed E-state index contributed by atoms with van der Waals surface area (Å²) < 4.78 is 0. The number of carboxylic acids is 1. The van der Waals surface area contributed by atoms with Gasteiger partial charge in [-0.1, -0.05) is 0 Å². The molecule has 0 aliphatic rings. The monoisotopic (exact) mass is 148 g/mol. The molecule has 5 nitrogen and oxygen atoms in total. The van der Waals surface area contributed by atoms with Crippen LogP contribution >= 0.6 is 0 Å². The van der Waals surface area contributed by atoms with Gasteiger partial charge in [-0.15, -0.1) is 0 Å². The number of hydrogen-bond acceptors (Lipinski definition) is 4. The van der Waals surface area contributed by atoms with Gasteiger partial charge in [-0.25, -0.2) is 0 Å². The first-order chi connectivity index (χ1) is 4.66. The second-order valence-corrected chi connectivity index (χ2v) is 1.97. The van der Waals surface area contributed by atoms with Gasteiger partial charge in [0.15, 0.2) is 0 Å². The molecule has 0 fully saturated rings. The van der Waals surface area contributed by atoms with Gasteiger partial charge in [0.05, 0.1) is 13.2 Å². The summed E-state index contributed by atoms with van der Waals surface area (Å²) >= 11 is 0. The van der Waals surface area contributed by atoms with Crippen molar-refractivity contribution in [2.75, 3.05) is 19.7 Å². The van der Waals surface area contributed by atoms with Crippen LogP contribution in [0.4, 0.5) is 0 Å². The molecule has 0 aliphatic carbocycles. The van der Waals surface area contributed by atoms with E-state index in [0.717, 1.165) is 0 Å². The summed E-state index contributed by atoms with van der Waals surface area (Å²) in [4.78, 5) is 9.90. The van der Waals surface area contributed by atoms with Crippen LogP contribution in [0.15, 0.2) is 0 Å². The van der Waals surface area contributed by atoms with E-state index in [1.807, 2.05) is 0 Å². The van der Waals surface area contributed by atoms with Crippen molar-refractivity contribution in [3.8, 4) is 0 Å². The van der Waals surface area contributed by atoms with Crippen LogP contribution in [-0.4, -0.2) is 41.9 Å².